The summed E-state index contributed by atoms with van der Waals surface area (Å²) >= 11 is 0. The summed E-state index contributed by atoms with van der Waals surface area (Å²) in [5.41, 5.74) is -0.0142. The smallest absolute Gasteiger partial charge is 0.337 e. The van der Waals surface area contributed by atoms with Crippen LogP contribution in [-0.2, 0) is 19.8 Å². The summed E-state index contributed by atoms with van der Waals surface area (Å²) < 4.78 is 39.5. The molecule has 7 heteroatoms. The van der Waals surface area contributed by atoms with Crippen LogP contribution in [0.2, 0.25) is 0 Å². The fraction of sp³-hybridized carbons (Fsp3) is 0.286. The summed E-state index contributed by atoms with van der Waals surface area (Å²) in [7, 11) is 3.29. The molecule has 0 spiro atoms. The average Bonchev–Trinajstić information content (AvgIpc) is 2.82. The van der Waals surface area contributed by atoms with Gasteiger partial charge < -0.3 is 4.90 Å². The third-order valence-electron chi connectivity index (χ3n) is 2.96. The number of nitrogens with zero attached hydrogens (tertiary/aromatic N) is 3. The second kappa shape index (κ2) is 5.59. The normalized spacial score (nSPS) is 11.5. The number of carbonyl (C=O) groups excluding carboxylic acids is 1. The molecule has 0 N–H and O–H groups in total. The molecule has 0 unspecified atom stereocenters. The molecule has 1 amide bonds. The molecule has 0 bridgehead atoms. The second-order valence-corrected chi connectivity index (χ2v) is 4.76. The van der Waals surface area contributed by atoms with Crippen molar-refractivity contribution in [1.29, 1.82) is 0 Å². The maximum atomic E-state index is 12.6. The van der Waals surface area contributed by atoms with E-state index < -0.39 is 17.6 Å². The molecule has 0 saturated carbocycles. The Morgan fingerprint density at radius 2 is 2.10 bits per heavy atom. The predicted octanol–water partition coefficient (Wildman–Crippen LogP) is 2.71. The average molecular weight is 297 g/mol. The number of amides is 1. The summed E-state index contributed by atoms with van der Waals surface area (Å²) in [6.45, 7) is 0.281. The Kier molecular flexibility index (Phi) is 4.02. The van der Waals surface area contributed by atoms with E-state index in [1.807, 2.05) is 0 Å². The van der Waals surface area contributed by atoms with Crippen LogP contribution in [0.25, 0.3) is 0 Å². The fourth-order valence-corrected chi connectivity index (χ4v) is 1.95. The lowest BCUT2D eigenvalue weighted by Gasteiger charge is -2.17. The Balaban J connectivity index is 2.16. The minimum absolute atomic E-state index is 0.0104. The molecule has 21 heavy (non-hydrogen) atoms. The van der Waals surface area contributed by atoms with Crippen molar-refractivity contribution in [2.24, 2.45) is 7.05 Å². The monoisotopic (exact) mass is 297 g/mol. The van der Waals surface area contributed by atoms with Gasteiger partial charge in [0.15, 0.2) is 0 Å². The van der Waals surface area contributed by atoms with E-state index in [9.17, 15) is 18.0 Å². The van der Waals surface area contributed by atoms with Crippen LogP contribution in [0.5, 0.6) is 0 Å². The minimum atomic E-state index is -4.46. The molecule has 0 aliphatic rings. The van der Waals surface area contributed by atoms with Crippen LogP contribution in [0, 0.1) is 0 Å². The molecule has 0 radical (unpaired) electrons. The molecule has 4 nitrogen and oxygen atoms in total. The highest BCUT2D eigenvalue weighted by atomic mass is 19.4. The number of aryl methyl sites for hydroxylation is 1. The summed E-state index contributed by atoms with van der Waals surface area (Å²) in [5.74, 6) is -0.468. The zero-order valence-electron chi connectivity index (χ0n) is 11.6. The lowest BCUT2D eigenvalue weighted by atomic mass is 10.1. The Morgan fingerprint density at radius 3 is 2.67 bits per heavy atom. The van der Waals surface area contributed by atoms with Crippen LogP contribution < -0.4 is 0 Å². The van der Waals surface area contributed by atoms with Gasteiger partial charge in [-0.1, -0.05) is 6.07 Å². The molecule has 0 aliphatic carbocycles. The predicted molar refractivity (Wildman–Crippen MR) is 70.4 cm³/mol. The van der Waals surface area contributed by atoms with Gasteiger partial charge in [-0.3, -0.25) is 9.48 Å². The van der Waals surface area contributed by atoms with Gasteiger partial charge in [-0.15, -0.1) is 0 Å². The van der Waals surface area contributed by atoms with Gasteiger partial charge in [-0.25, -0.2) is 0 Å². The molecule has 0 aliphatic heterocycles. The van der Waals surface area contributed by atoms with Crippen LogP contribution in [0.1, 0.15) is 21.5 Å². The standard InChI is InChI=1S/C14H14F3N3O/c1-19(8-10-7-18-20(2)9-10)13(21)11-4-3-5-12(6-11)14(15,16)17/h3-7,9H,8H2,1-2H3. The molecule has 1 aromatic heterocycles. The summed E-state index contributed by atoms with van der Waals surface area (Å²) in [6, 6.07) is 4.41. The zero-order valence-corrected chi connectivity index (χ0v) is 11.6. The first-order valence-corrected chi connectivity index (χ1v) is 6.17. The highest BCUT2D eigenvalue weighted by molar-refractivity contribution is 5.94. The number of alkyl halides is 3. The molecule has 2 aromatic rings. The van der Waals surface area contributed by atoms with E-state index in [4.69, 9.17) is 0 Å². The Hall–Kier alpha value is -2.31. The number of carbonyl (C=O) groups is 1. The van der Waals surface area contributed by atoms with Crippen LogP contribution in [0.15, 0.2) is 36.7 Å². The molecular formula is C14H14F3N3O. The molecule has 1 aromatic carbocycles. The van der Waals surface area contributed by atoms with E-state index in [1.165, 1.54) is 24.1 Å². The maximum Gasteiger partial charge on any atom is 0.416 e. The van der Waals surface area contributed by atoms with Gasteiger partial charge in [-0.2, -0.15) is 18.3 Å². The van der Waals surface area contributed by atoms with E-state index in [0.29, 0.717) is 0 Å². The Morgan fingerprint density at radius 1 is 1.38 bits per heavy atom. The van der Waals surface area contributed by atoms with Gasteiger partial charge in [0.25, 0.3) is 5.91 Å². The third-order valence-corrected chi connectivity index (χ3v) is 2.96. The molecule has 112 valence electrons. The van der Waals surface area contributed by atoms with Gasteiger partial charge in [0, 0.05) is 38.0 Å². The van der Waals surface area contributed by atoms with Gasteiger partial charge in [0.05, 0.1) is 11.8 Å². The van der Waals surface area contributed by atoms with Gasteiger partial charge in [0.1, 0.15) is 0 Å². The van der Waals surface area contributed by atoms with Gasteiger partial charge in [-0.05, 0) is 18.2 Å². The molecular weight excluding hydrogens is 283 g/mol. The molecule has 0 atom stereocenters. The highest BCUT2D eigenvalue weighted by Gasteiger charge is 2.31. The number of aromatic nitrogens is 2. The van der Waals surface area contributed by atoms with Crippen molar-refractivity contribution in [3.05, 3.63) is 53.3 Å². The maximum absolute atomic E-state index is 12.6. The first-order valence-electron chi connectivity index (χ1n) is 6.17. The van der Waals surface area contributed by atoms with Crippen LogP contribution in [-0.4, -0.2) is 27.6 Å². The third kappa shape index (κ3) is 3.62. The lowest BCUT2D eigenvalue weighted by Crippen LogP contribution is -2.26. The minimum Gasteiger partial charge on any atom is -0.337 e. The van der Waals surface area contributed by atoms with Gasteiger partial charge in [0.2, 0.25) is 0 Å². The molecule has 0 saturated heterocycles. The van der Waals surface area contributed by atoms with Crippen LogP contribution in [0.3, 0.4) is 0 Å². The van der Waals surface area contributed by atoms with E-state index in [0.717, 1.165) is 17.7 Å². The van der Waals surface area contributed by atoms with E-state index in [2.05, 4.69) is 5.10 Å². The number of rotatable bonds is 3. The summed E-state index contributed by atoms with van der Waals surface area (Å²) in [6.07, 6.45) is -1.11. The van der Waals surface area contributed by atoms with E-state index in [1.54, 1.807) is 24.1 Å². The number of benzene rings is 1. The Labute approximate surface area is 119 Å². The first-order chi connectivity index (χ1) is 9.77. The topological polar surface area (TPSA) is 38.1 Å². The zero-order chi connectivity index (χ0) is 15.6. The van der Waals surface area contributed by atoms with E-state index in [-0.39, 0.29) is 12.1 Å². The van der Waals surface area contributed by atoms with Crippen LogP contribution >= 0.6 is 0 Å². The van der Waals surface area contributed by atoms with Gasteiger partial charge >= 0.3 is 6.18 Å². The number of hydrogen-bond donors (Lipinski definition) is 0. The Bertz CT molecular complexity index is 649. The van der Waals surface area contributed by atoms with Crippen molar-refractivity contribution in [3.8, 4) is 0 Å². The van der Waals surface area contributed by atoms with Crippen molar-refractivity contribution >= 4 is 5.91 Å². The first kappa shape index (κ1) is 15.1. The second-order valence-electron chi connectivity index (χ2n) is 4.76. The lowest BCUT2D eigenvalue weighted by molar-refractivity contribution is -0.137. The summed E-state index contributed by atoms with van der Waals surface area (Å²) in [5, 5.41) is 3.98. The fourth-order valence-electron chi connectivity index (χ4n) is 1.95. The SMILES string of the molecule is CN(Cc1cnn(C)c1)C(=O)c1cccc(C(F)(F)F)c1. The number of hydrogen-bond acceptors (Lipinski definition) is 2. The quantitative estimate of drug-likeness (QED) is 0.873. The largest absolute Gasteiger partial charge is 0.416 e. The highest BCUT2D eigenvalue weighted by Crippen LogP contribution is 2.29. The molecule has 2 rings (SSSR count). The molecule has 0 fully saturated rings. The molecule has 1 heterocycles. The number of halogens is 3. The van der Waals surface area contributed by atoms with Crippen molar-refractivity contribution in [2.75, 3.05) is 7.05 Å². The van der Waals surface area contributed by atoms with Crippen molar-refractivity contribution in [2.45, 2.75) is 12.7 Å². The van der Waals surface area contributed by atoms with Crippen molar-refractivity contribution in [3.63, 3.8) is 0 Å². The summed E-state index contributed by atoms with van der Waals surface area (Å²) in [4.78, 5) is 13.5. The van der Waals surface area contributed by atoms with Crippen molar-refractivity contribution < 1.29 is 18.0 Å². The van der Waals surface area contributed by atoms with E-state index >= 15 is 0 Å². The van der Waals surface area contributed by atoms with Crippen molar-refractivity contribution in [1.82, 2.24) is 14.7 Å². The van der Waals surface area contributed by atoms with Crippen LogP contribution in [0.4, 0.5) is 13.2 Å².